The Labute approximate surface area is 154 Å². The fourth-order valence-electron chi connectivity index (χ4n) is 2.88. The topological polar surface area (TPSA) is 87.7 Å². The lowest BCUT2D eigenvalue weighted by atomic mass is 9.97. The van der Waals surface area contributed by atoms with Crippen molar-refractivity contribution in [2.24, 2.45) is 5.92 Å². The molecule has 1 aromatic rings. The third-order valence-electron chi connectivity index (χ3n) is 4.35. The van der Waals surface area contributed by atoms with Crippen LogP contribution in [-0.2, 0) is 19.1 Å². The molecule has 0 bridgehead atoms. The summed E-state index contributed by atoms with van der Waals surface area (Å²) in [6.07, 6.45) is 1.86. The van der Waals surface area contributed by atoms with E-state index in [2.05, 4.69) is 10.6 Å². The van der Waals surface area contributed by atoms with Gasteiger partial charge in [0.05, 0.1) is 19.1 Å². The summed E-state index contributed by atoms with van der Waals surface area (Å²) in [5.41, 5.74) is 1.39. The van der Waals surface area contributed by atoms with E-state index in [-0.39, 0.29) is 23.7 Å². The largest absolute Gasteiger partial charge is 0.466 e. The summed E-state index contributed by atoms with van der Waals surface area (Å²) in [6, 6.07) is 7.04. The Morgan fingerprint density at radius 3 is 2.04 bits per heavy atom. The van der Waals surface area contributed by atoms with E-state index in [1.165, 1.54) is 0 Å². The summed E-state index contributed by atoms with van der Waals surface area (Å²) in [7, 11) is 0. The molecule has 0 spiro atoms. The average molecular weight is 361 g/mol. The first-order valence-corrected chi connectivity index (χ1v) is 9.10. The number of likely N-dealkylation sites (tertiary alicyclic amines) is 1. The van der Waals surface area contributed by atoms with Crippen LogP contribution in [-0.4, -0.2) is 48.9 Å². The van der Waals surface area contributed by atoms with Gasteiger partial charge in [0.25, 0.3) is 0 Å². The summed E-state index contributed by atoms with van der Waals surface area (Å²) in [6.45, 7) is 5.71. The monoisotopic (exact) mass is 361 g/mol. The number of hydrogen-bond acceptors (Lipinski definition) is 5. The smallest absolute Gasteiger partial charge is 0.309 e. The Morgan fingerprint density at radius 2 is 1.54 bits per heavy atom. The normalized spacial score (nSPS) is 15.3. The maximum atomic E-state index is 12.2. The Bertz CT molecular complexity index is 622. The third kappa shape index (κ3) is 6.15. The highest BCUT2D eigenvalue weighted by Crippen LogP contribution is 2.19. The summed E-state index contributed by atoms with van der Waals surface area (Å²) in [5.74, 6) is -0.329. The Hall–Kier alpha value is -2.41. The van der Waals surface area contributed by atoms with E-state index in [0.29, 0.717) is 44.0 Å². The lowest BCUT2D eigenvalue weighted by molar-refractivity contribution is -0.149. The van der Waals surface area contributed by atoms with Crippen molar-refractivity contribution in [3.8, 4) is 0 Å². The standard InChI is InChI=1S/C19H27N3O4/c1-3-17(23)20-15-5-7-16(8-6-15)21-18(24)13-22-11-9-14(10-12-22)19(25)26-4-2/h5-8,14H,3-4,9-13H2,1-2H3,(H,20,23)(H,21,24). The van der Waals surface area contributed by atoms with Crippen LogP contribution in [0, 0.1) is 5.92 Å². The number of carbonyl (C=O) groups excluding carboxylic acids is 3. The third-order valence-corrected chi connectivity index (χ3v) is 4.35. The van der Waals surface area contributed by atoms with E-state index < -0.39 is 0 Å². The second-order valence-electron chi connectivity index (χ2n) is 6.33. The minimum absolute atomic E-state index is 0.0481. The van der Waals surface area contributed by atoms with Crippen molar-refractivity contribution in [2.45, 2.75) is 33.1 Å². The zero-order valence-electron chi connectivity index (χ0n) is 15.4. The minimum atomic E-state index is -0.133. The van der Waals surface area contributed by atoms with E-state index in [0.717, 1.165) is 12.8 Å². The SMILES string of the molecule is CCOC(=O)C1CCN(CC(=O)Nc2ccc(NC(=O)CC)cc2)CC1. The predicted molar refractivity (Wildman–Crippen MR) is 99.8 cm³/mol. The van der Waals surface area contributed by atoms with E-state index in [1.54, 1.807) is 31.2 Å². The summed E-state index contributed by atoms with van der Waals surface area (Å²) in [4.78, 5) is 37.3. The molecule has 1 aromatic carbocycles. The van der Waals surface area contributed by atoms with Crippen LogP contribution >= 0.6 is 0 Å². The van der Waals surface area contributed by atoms with Crippen LogP contribution in [0.3, 0.4) is 0 Å². The van der Waals surface area contributed by atoms with Gasteiger partial charge in [0.2, 0.25) is 11.8 Å². The Balaban J connectivity index is 1.75. The molecule has 7 heteroatoms. The fraction of sp³-hybridized carbons (Fsp3) is 0.526. The van der Waals surface area contributed by atoms with Gasteiger partial charge in [0, 0.05) is 17.8 Å². The van der Waals surface area contributed by atoms with Crippen molar-refractivity contribution in [1.29, 1.82) is 0 Å². The van der Waals surface area contributed by atoms with Gasteiger partial charge in [-0.2, -0.15) is 0 Å². The van der Waals surface area contributed by atoms with Crippen molar-refractivity contribution in [3.63, 3.8) is 0 Å². The molecule has 1 heterocycles. The van der Waals surface area contributed by atoms with Gasteiger partial charge in [-0.25, -0.2) is 0 Å². The van der Waals surface area contributed by atoms with Crippen LogP contribution in [0.2, 0.25) is 0 Å². The maximum absolute atomic E-state index is 12.2. The number of anilines is 2. The summed E-state index contributed by atoms with van der Waals surface area (Å²) < 4.78 is 5.05. The van der Waals surface area contributed by atoms with Gasteiger partial charge >= 0.3 is 5.97 Å². The van der Waals surface area contributed by atoms with Crippen molar-refractivity contribution in [3.05, 3.63) is 24.3 Å². The molecule has 1 fully saturated rings. The lowest BCUT2D eigenvalue weighted by Crippen LogP contribution is -2.41. The fourth-order valence-corrected chi connectivity index (χ4v) is 2.88. The highest BCUT2D eigenvalue weighted by molar-refractivity contribution is 5.93. The maximum Gasteiger partial charge on any atom is 0.309 e. The number of piperidine rings is 1. The average Bonchev–Trinajstić information content (AvgIpc) is 2.64. The molecule has 142 valence electrons. The van der Waals surface area contributed by atoms with Gasteiger partial charge in [-0.15, -0.1) is 0 Å². The van der Waals surface area contributed by atoms with Crippen LogP contribution in [0.15, 0.2) is 24.3 Å². The lowest BCUT2D eigenvalue weighted by Gasteiger charge is -2.30. The number of amides is 2. The molecule has 26 heavy (non-hydrogen) atoms. The number of nitrogens with zero attached hydrogens (tertiary/aromatic N) is 1. The number of carbonyl (C=O) groups is 3. The second kappa shape index (κ2) is 9.91. The van der Waals surface area contributed by atoms with Gasteiger partial charge in [-0.05, 0) is 57.1 Å². The van der Waals surface area contributed by atoms with Gasteiger partial charge in [0.1, 0.15) is 0 Å². The molecule has 0 saturated carbocycles. The molecule has 2 N–H and O–H groups in total. The number of ether oxygens (including phenoxy) is 1. The highest BCUT2D eigenvalue weighted by Gasteiger charge is 2.26. The van der Waals surface area contributed by atoms with Gasteiger partial charge in [0.15, 0.2) is 0 Å². The number of benzene rings is 1. The van der Waals surface area contributed by atoms with Crippen LogP contribution in [0.1, 0.15) is 33.1 Å². The minimum Gasteiger partial charge on any atom is -0.466 e. The van der Waals surface area contributed by atoms with E-state index in [4.69, 9.17) is 4.74 Å². The molecule has 0 atom stereocenters. The van der Waals surface area contributed by atoms with Crippen LogP contribution < -0.4 is 10.6 Å². The first-order chi connectivity index (χ1) is 12.5. The Kier molecular flexibility index (Phi) is 7.59. The van der Waals surface area contributed by atoms with Crippen LogP contribution in [0.4, 0.5) is 11.4 Å². The Morgan fingerprint density at radius 1 is 1.00 bits per heavy atom. The van der Waals surface area contributed by atoms with E-state index in [9.17, 15) is 14.4 Å². The van der Waals surface area contributed by atoms with Crippen LogP contribution in [0.25, 0.3) is 0 Å². The number of esters is 1. The van der Waals surface area contributed by atoms with Crippen molar-refractivity contribution >= 4 is 29.2 Å². The number of hydrogen-bond donors (Lipinski definition) is 2. The number of nitrogens with one attached hydrogen (secondary N) is 2. The molecule has 0 unspecified atom stereocenters. The van der Waals surface area contributed by atoms with Crippen molar-refractivity contribution in [2.75, 3.05) is 36.9 Å². The predicted octanol–water partition coefficient (Wildman–Crippen LogP) is 2.25. The molecule has 2 rings (SSSR count). The van der Waals surface area contributed by atoms with Crippen molar-refractivity contribution in [1.82, 2.24) is 4.90 Å². The van der Waals surface area contributed by atoms with Crippen LogP contribution in [0.5, 0.6) is 0 Å². The zero-order valence-corrected chi connectivity index (χ0v) is 15.4. The van der Waals surface area contributed by atoms with Crippen molar-refractivity contribution < 1.29 is 19.1 Å². The molecular formula is C19H27N3O4. The molecule has 1 saturated heterocycles. The van der Waals surface area contributed by atoms with E-state index >= 15 is 0 Å². The van der Waals surface area contributed by atoms with Gasteiger partial charge in [-0.1, -0.05) is 6.92 Å². The first-order valence-electron chi connectivity index (χ1n) is 9.10. The first kappa shape index (κ1) is 19.9. The van der Waals surface area contributed by atoms with Gasteiger partial charge in [-0.3, -0.25) is 19.3 Å². The zero-order chi connectivity index (χ0) is 18.9. The summed E-state index contributed by atoms with van der Waals surface area (Å²) in [5, 5.41) is 5.62. The molecule has 1 aliphatic rings. The second-order valence-corrected chi connectivity index (χ2v) is 6.33. The number of rotatable bonds is 7. The van der Waals surface area contributed by atoms with Gasteiger partial charge < -0.3 is 15.4 Å². The van der Waals surface area contributed by atoms with E-state index in [1.807, 2.05) is 11.8 Å². The molecule has 0 radical (unpaired) electrons. The molecular weight excluding hydrogens is 334 g/mol. The molecule has 7 nitrogen and oxygen atoms in total. The summed E-state index contributed by atoms with van der Waals surface area (Å²) >= 11 is 0. The quantitative estimate of drug-likeness (QED) is 0.727. The highest BCUT2D eigenvalue weighted by atomic mass is 16.5. The molecule has 0 aromatic heterocycles. The molecule has 1 aliphatic heterocycles. The molecule has 0 aliphatic carbocycles. The molecule has 2 amide bonds.